The summed E-state index contributed by atoms with van der Waals surface area (Å²) in [5, 5.41) is 15.1. The number of rotatable bonds is 0. The van der Waals surface area contributed by atoms with Crippen molar-refractivity contribution >= 4 is 34.7 Å². The van der Waals surface area contributed by atoms with Gasteiger partial charge in [-0.25, -0.2) is 0 Å². The number of ether oxygens (including phenoxy) is 1. The molecule has 1 aliphatic rings. The predicted octanol–water partition coefficient (Wildman–Crippen LogP) is -0.407. The van der Waals surface area contributed by atoms with Gasteiger partial charge in [-0.1, -0.05) is 25.6 Å². The molecule has 0 aromatic carbocycles. The van der Waals surface area contributed by atoms with E-state index in [1.54, 1.807) is 13.8 Å². The number of thioether (sulfide) groups is 1. The average Bonchev–Trinajstić information content (AvgIpc) is 2.53. The van der Waals surface area contributed by atoms with E-state index in [4.69, 9.17) is 4.74 Å². The molecule has 0 unspecified atom stereocenters. The molecule has 0 bridgehead atoms. The Bertz CT molecular complexity index is 494. The molecule has 0 spiro atoms. The summed E-state index contributed by atoms with van der Waals surface area (Å²) in [5.41, 5.74) is -0.991. The normalized spacial score (nSPS) is 25.2. The quantitative estimate of drug-likeness (QED) is 0.502. The van der Waals surface area contributed by atoms with E-state index in [9.17, 15) is 24.3 Å². The van der Waals surface area contributed by atoms with Gasteiger partial charge in [0.2, 0.25) is 11.8 Å². The Labute approximate surface area is 145 Å². The molecule has 1 atom stereocenters. The highest BCUT2D eigenvalue weighted by molar-refractivity contribution is 8.13. The van der Waals surface area contributed by atoms with Gasteiger partial charge in [0.25, 0.3) is 0 Å². The fourth-order valence-corrected chi connectivity index (χ4v) is 2.57. The number of carbonyl (C=O) groups is 4. The summed E-state index contributed by atoms with van der Waals surface area (Å²) in [5.74, 6) is -1.02. The van der Waals surface area contributed by atoms with Crippen molar-refractivity contribution in [1.82, 2.24) is 10.6 Å². The van der Waals surface area contributed by atoms with Crippen LogP contribution in [-0.2, 0) is 23.9 Å². The van der Waals surface area contributed by atoms with Gasteiger partial charge >= 0.3 is 5.97 Å². The number of amides is 2. The summed E-state index contributed by atoms with van der Waals surface area (Å²) >= 11 is 1.05. The number of esters is 1. The number of cyclic esters (lactones) is 1. The minimum atomic E-state index is -1.39. The van der Waals surface area contributed by atoms with Gasteiger partial charge < -0.3 is 20.5 Å². The Kier molecular flexibility index (Phi) is 8.20. The SMILES string of the molecule is CC1(C)COC(=O)CCC(=O)SCCNC(=O)CCNC(=O)[C@@H]1O. The largest absolute Gasteiger partial charge is 0.465 e. The minimum Gasteiger partial charge on any atom is -0.465 e. The summed E-state index contributed by atoms with van der Waals surface area (Å²) in [4.78, 5) is 46.8. The van der Waals surface area contributed by atoms with Gasteiger partial charge in [-0.2, -0.15) is 0 Å². The minimum absolute atomic E-state index is 0.0426. The Hall–Kier alpha value is -1.61. The molecule has 2 amide bonds. The first-order valence-electron chi connectivity index (χ1n) is 7.76. The van der Waals surface area contributed by atoms with Gasteiger partial charge in [0.1, 0.15) is 6.10 Å². The number of aliphatic hydroxyl groups is 1. The summed E-state index contributed by atoms with van der Waals surface area (Å²) in [6, 6.07) is 0. The van der Waals surface area contributed by atoms with Crippen molar-refractivity contribution in [3.8, 4) is 0 Å². The Morgan fingerprint density at radius 2 is 1.79 bits per heavy atom. The van der Waals surface area contributed by atoms with Crippen molar-refractivity contribution in [3.05, 3.63) is 0 Å². The van der Waals surface area contributed by atoms with Gasteiger partial charge in [0.05, 0.1) is 13.0 Å². The first-order chi connectivity index (χ1) is 11.2. The van der Waals surface area contributed by atoms with Gasteiger partial charge in [0.15, 0.2) is 5.12 Å². The van der Waals surface area contributed by atoms with Crippen molar-refractivity contribution in [3.63, 3.8) is 0 Å². The highest BCUT2D eigenvalue weighted by Crippen LogP contribution is 2.22. The number of aliphatic hydroxyl groups excluding tert-OH is 1. The second-order valence-electron chi connectivity index (χ2n) is 6.16. The zero-order valence-electron chi connectivity index (χ0n) is 13.9. The lowest BCUT2D eigenvalue weighted by Crippen LogP contribution is -2.47. The molecule has 1 saturated heterocycles. The molecule has 0 saturated carbocycles. The smallest absolute Gasteiger partial charge is 0.306 e. The van der Waals surface area contributed by atoms with Crippen LogP contribution in [-0.4, -0.2) is 59.6 Å². The Morgan fingerprint density at radius 1 is 1.08 bits per heavy atom. The second-order valence-corrected chi connectivity index (χ2v) is 7.32. The molecule has 1 heterocycles. The summed E-state index contributed by atoms with van der Waals surface area (Å²) in [6.07, 6.45) is -1.33. The molecule has 1 aliphatic heterocycles. The molecule has 24 heavy (non-hydrogen) atoms. The van der Waals surface area contributed by atoms with Crippen molar-refractivity contribution in [1.29, 1.82) is 0 Å². The van der Waals surface area contributed by atoms with Crippen LogP contribution in [0.3, 0.4) is 0 Å². The highest BCUT2D eigenvalue weighted by Gasteiger charge is 2.35. The van der Waals surface area contributed by atoms with Crippen LogP contribution in [0.15, 0.2) is 0 Å². The molecule has 0 radical (unpaired) electrons. The van der Waals surface area contributed by atoms with Gasteiger partial charge in [-0.15, -0.1) is 0 Å². The van der Waals surface area contributed by atoms with Crippen molar-refractivity contribution < 1.29 is 29.0 Å². The van der Waals surface area contributed by atoms with Crippen LogP contribution < -0.4 is 10.6 Å². The van der Waals surface area contributed by atoms with Gasteiger partial charge in [-0.05, 0) is 0 Å². The van der Waals surface area contributed by atoms with Gasteiger partial charge in [0, 0.05) is 37.1 Å². The van der Waals surface area contributed by atoms with E-state index in [0.717, 1.165) is 11.8 Å². The zero-order valence-corrected chi connectivity index (χ0v) is 14.7. The third-order valence-corrected chi connectivity index (χ3v) is 4.40. The van der Waals surface area contributed by atoms with Crippen LogP contribution in [0.2, 0.25) is 0 Å². The topological polar surface area (TPSA) is 122 Å². The van der Waals surface area contributed by atoms with Crippen LogP contribution in [0.25, 0.3) is 0 Å². The first kappa shape index (κ1) is 20.4. The average molecular weight is 360 g/mol. The Morgan fingerprint density at radius 3 is 2.50 bits per heavy atom. The highest BCUT2D eigenvalue weighted by atomic mass is 32.2. The van der Waals surface area contributed by atoms with E-state index >= 15 is 0 Å². The second kappa shape index (κ2) is 9.63. The Balaban J connectivity index is 2.69. The molecule has 136 valence electrons. The maximum Gasteiger partial charge on any atom is 0.306 e. The lowest BCUT2D eigenvalue weighted by Gasteiger charge is -2.28. The maximum absolute atomic E-state index is 11.9. The van der Waals surface area contributed by atoms with E-state index in [2.05, 4.69) is 10.6 Å². The molecule has 0 aromatic heterocycles. The molecule has 8 nitrogen and oxygen atoms in total. The van der Waals surface area contributed by atoms with Crippen molar-refractivity contribution in [2.75, 3.05) is 25.4 Å². The third-order valence-electron chi connectivity index (χ3n) is 3.47. The first-order valence-corrected chi connectivity index (χ1v) is 8.74. The zero-order chi connectivity index (χ0) is 18.2. The fourth-order valence-electron chi connectivity index (χ4n) is 1.89. The van der Waals surface area contributed by atoms with E-state index < -0.39 is 23.4 Å². The lowest BCUT2D eigenvalue weighted by molar-refractivity contribution is -0.153. The fraction of sp³-hybridized carbons (Fsp3) is 0.733. The monoisotopic (exact) mass is 360 g/mol. The number of carbonyl (C=O) groups excluding carboxylic acids is 4. The summed E-state index contributed by atoms with van der Waals surface area (Å²) in [7, 11) is 0. The number of hydrogen-bond donors (Lipinski definition) is 3. The molecule has 1 rings (SSSR count). The molecular weight excluding hydrogens is 336 g/mol. The molecule has 1 fully saturated rings. The lowest BCUT2D eigenvalue weighted by atomic mass is 9.87. The van der Waals surface area contributed by atoms with Crippen molar-refractivity contribution in [2.45, 2.75) is 39.2 Å². The standard InChI is InChI=1S/C15H24N2O6S/c1-15(2)9-23-11(19)3-4-12(20)24-8-7-16-10(18)5-6-17-14(22)13(15)21/h13,21H,3-9H2,1-2H3,(H,16,18)(H,17,22)/t13-/m0/s1. The third kappa shape index (κ3) is 7.31. The van der Waals surface area contributed by atoms with Crippen LogP contribution in [0.1, 0.15) is 33.1 Å². The molecular formula is C15H24N2O6S. The van der Waals surface area contributed by atoms with E-state index in [1.807, 2.05) is 0 Å². The maximum atomic E-state index is 11.9. The van der Waals surface area contributed by atoms with Crippen molar-refractivity contribution in [2.24, 2.45) is 5.41 Å². The molecule has 9 heteroatoms. The number of nitrogens with one attached hydrogen (secondary N) is 2. The molecule has 3 N–H and O–H groups in total. The van der Waals surface area contributed by atoms with Gasteiger partial charge in [-0.3, -0.25) is 19.2 Å². The molecule has 0 aliphatic carbocycles. The van der Waals surface area contributed by atoms with E-state index in [-0.39, 0.29) is 43.4 Å². The van der Waals surface area contributed by atoms with E-state index in [0.29, 0.717) is 12.3 Å². The predicted molar refractivity (Wildman–Crippen MR) is 88.1 cm³/mol. The van der Waals surface area contributed by atoms with E-state index in [1.165, 1.54) is 0 Å². The molecule has 0 aromatic rings. The number of hydrogen-bond acceptors (Lipinski definition) is 7. The van der Waals surface area contributed by atoms with Crippen LogP contribution in [0.4, 0.5) is 0 Å². The van der Waals surface area contributed by atoms with Crippen LogP contribution >= 0.6 is 11.8 Å². The summed E-state index contributed by atoms with van der Waals surface area (Å²) < 4.78 is 5.06. The summed E-state index contributed by atoms with van der Waals surface area (Å²) in [6.45, 7) is 3.44. The van der Waals surface area contributed by atoms with Crippen LogP contribution in [0, 0.1) is 5.41 Å². The van der Waals surface area contributed by atoms with Crippen LogP contribution in [0.5, 0.6) is 0 Å².